The van der Waals surface area contributed by atoms with Crippen molar-refractivity contribution in [2.24, 2.45) is 4.99 Å². The van der Waals surface area contributed by atoms with Gasteiger partial charge in [0.25, 0.3) is 0 Å². The SMILES string of the molecule is CCNC(=NCc1ccc(NCCOC)cc1)NCc1ccc(F)cc1CSC.I. The number of methoxy groups -OCH3 is 1. The van der Waals surface area contributed by atoms with E-state index in [9.17, 15) is 4.39 Å². The van der Waals surface area contributed by atoms with Crippen LogP contribution in [0.3, 0.4) is 0 Å². The van der Waals surface area contributed by atoms with E-state index in [2.05, 4.69) is 33.1 Å². The molecule has 0 radical (unpaired) electrons. The summed E-state index contributed by atoms with van der Waals surface area (Å²) in [6, 6.07) is 13.2. The van der Waals surface area contributed by atoms with E-state index >= 15 is 0 Å². The molecule has 0 saturated carbocycles. The Kier molecular flexibility index (Phi) is 13.5. The van der Waals surface area contributed by atoms with Gasteiger partial charge >= 0.3 is 0 Å². The quantitative estimate of drug-likeness (QED) is 0.166. The van der Waals surface area contributed by atoms with Crippen LogP contribution in [0.1, 0.15) is 23.6 Å². The first-order valence-electron chi connectivity index (χ1n) is 9.76. The maximum Gasteiger partial charge on any atom is 0.191 e. The average molecular weight is 546 g/mol. The lowest BCUT2D eigenvalue weighted by molar-refractivity contribution is 0.211. The Morgan fingerprint density at radius 2 is 1.87 bits per heavy atom. The van der Waals surface area contributed by atoms with Gasteiger partial charge in [0.2, 0.25) is 0 Å². The third kappa shape index (κ3) is 9.53. The molecule has 0 spiro atoms. The number of thioether (sulfide) groups is 1. The molecule has 0 unspecified atom stereocenters. The van der Waals surface area contributed by atoms with E-state index in [1.54, 1.807) is 24.9 Å². The second-order valence-electron chi connectivity index (χ2n) is 6.51. The van der Waals surface area contributed by atoms with Crippen molar-refractivity contribution in [2.75, 3.05) is 38.4 Å². The van der Waals surface area contributed by atoms with Crippen LogP contribution in [-0.2, 0) is 23.6 Å². The molecule has 8 heteroatoms. The maximum atomic E-state index is 13.5. The van der Waals surface area contributed by atoms with E-state index in [0.717, 1.165) is 47.2 Å². The molecule has 2 aromatic rings. The molecule has 0 saturated heterocycles. The van der Waals surface area contributed by atoms with Gasteiger partial charge in [0.05, 0.1) is 13.2 Å². The summed E-state index contributed by atoms with van der Waals surface area (Å²) in [6.45, 7) is 5.45. The van der Waals surface area contributed by atoms with Crippen LogP contribution < -0.4 is 16.0 Å². The number of ether oxygens (including phenoxy) is 1. The molecule has 0 heterocycles. The summed E-state index contributed by atoms with van der Waals surface area (Å²) in [5.41, 5.74) is 4.29. The number of halogens is 2. The summed E-state index contributed by atoms with van der Waals surface area (Å²) in [4.78, 5) is 4.67. The Morgan fingerprint density at radius 3 is 2.53 bits per heavy atom. The minimum atomic E-state index is -0.196. The molecule has 0 amide bonds. The molecular weight excluding hydrogens is 514 g/mol. The number of guanidine groups is 1. The van der Waals surface area contributed by atoms with Crippen LogP contribution in [0.2, 0.25) is 0 Å². The van der Waals surface area contributed by atoms with Gasteiger partial charge in [-0.15, -0.1) is 24.0 Å². The highest BCUT2D eigenvalue weighted by Crippen LogP contribution is 2.16. The number of nitrogens with zero attached hydrogens (tertiary/aromatic N) is 1. The highest BCUT2D eigenvalue weighted by molar-refractivity contribution is 14.0. The first-order chi connectivity index (χ1) is 14.2. The van der Waals surface area contributed by atoms with Crippen molar-refractivity contribution in [3.63, 3.8) is 0 Å². The van der Waals surface area contributed by atoms with Gasteiger partial charge in [-0.1, -0.05) is 18.2 Å². The van der Waals surface area contributed by atoms with Gasteiger partial charge in [-0.2, -0.15) is 11.8 Å². The minimum absolute atomic E-state index is 0. The molecule has 0 fully saturated rings. The minimum Gasteiger partial charge on any atom is -0.383 e. The predicted octanol–water partition coefficient (Wildman–Crippen LogP) is 4.62. The van der Waals surface area contributed by atoms with Crippen molar-refractivity contribution in [3.05, 3.63) is 65.0 Å². The van der Waals surface area contributed by atoms with E-state index in [-0.39, 0.29) is 29.8 Å². The zero-order valence-electron chi connectivity index (χ0n) is 17.8. The standard InChI is InChI=1S/C22H31FN4OS.HI/c1-4-24-22(27-15-18-7-8-20(23)13-19(18)16-29-3)26-14-17-5-9-21(10-6-17)25-11-12-28-2;/h5-10,13,25H,4,11-12,14-16H2,1-3H3,(H2,24,26,27);1H. The maximum absolute atomic E-state index is 13.5. The molecule has 0 aliphatic heterocycles. The van der Waals surface area contributed by atoms with Crippen LogP contribution in [0.25, 0.3) is 0 Å². The summed E-state index contributed by atoms with van der Waals surface area (Å²) in [6.07, 6.45) is 2.02. The molecule has 2 aromatic carbocycles. The van der Waals surface area contributed by atoms with Gasteiger partial charge in [0.15, 0.2) is 5.96 Å². The summed E-state index contributed by atoms with van der Waals surface area (Å²) >= 11 is 1.68. The number of aliphatic imine (C=N–C) groups is 1. The van der Waals surface area contributed by atoms with Crippen molar-refractivity contribution < 1.29 is 9.13 Å². The topological polar surface area (TPSA) is 57.7 Å². The number of anilines is 1. The van der Waals surface area contributed by atoms with E-state index in [4.69, 9.17) is 4.74 Å². The highest BCUT2D eigenvalue weighted by atomic mass is 127. The van der Waals surface area contributed by atoms with Crippen LogP contribution in [0, 0.1) is 5.82 Å². The van der Waals surface area contributed by atoms with Crippen LogP contribution in [0.4, 0.5) is 10.1 Å². The van der Waals surface area contributed by atoms with Crippen LogP contribution in [0.5, 0.6) is 0 Å². The molecule has 0 aromatic heterocycles. The Bertz CT molecular complexity index is 774. The van der Waals surface area contributed by atoms with E-state index < -0.39 is 0 Å². The Labute approximate surface area is 200 Å². The smallest absolute Gasteiger partial charge is 0.191 e. The lowest BCUT2D eigenvalue weighted by Crippen LogP contribution is -2.37. The Morgan fingerprint density at radius 1 is 1.10 bits per heavy atom. The monoisotopic (exact) mass is 546 g/mol. The van der Waals surface area contributed by atoms with E-state index in [1.165, 1.54) is 6.07 Å². The number of benzene rings is 2. The fourth-order valence-electron chi connectivity index (χ4n) is 2.77. The molecule has 30 heavy (non-hydrogen) atoms. The fraction of sp³-hybridized carbons (Fsp3) is 0.409. The van der Waals surface area contributed by atoms with Crippen molar-refractivity contribution in [3.8, 4) is 0 Å². The summed E-state index contributed by atoms with van der Waals surface area (Å²) < 4.78 is 18.6. The first-order valence-corrected chi connectivity index (χ1v) is 11.2. The summed E-state index contributed by atoms with van der Waals surface area (Å²) in [7, 11) is 1.69. The van der Waals surface area contributed by atoms with Crippen LogP contribution in [0.15, 0.2) is 47.5 Å². The molecule has 0 atom stereocenters. The van der Waals surface area contributed by atoms with E-state index in [0.29, 0.717) is 19.7 Å². The van der Waals surface area contributed by atoms with Crippen LogP contribution in [-0.4, -0.2) is 39.0 Å². The summed E-state index contributed by atoms with van der Waals surface area (Å²) in [5.74, 6) is 1.33. The number of nitrogens with one attached hydrogen (secondary N) is 3. The van der Waals surface area contributed by atoms with Gasteiger partial charge < -0.3 is 20.7 Å². The molecule has 2 rings (SSSR count). The van der Waals surface area contributed by atoms with E-state index in [1.807, 2.05) is 31.4 Å². The molecular formula is C22H32FIN4OS. The van der Waals surface area contributed by atoms with Crippen molar-refractivity contribution in [1.82, 2.24) is 10.6 Å². The van der Waals surface area contributed by atoms with Crippen LogP contribution >= 0.6 is 35.7 Å². The fourth-order valence-corrected chi connectivity index (χ4v) is 3.35. The molecule has 0 aliphatic carbocycles. The van der Waals surface area contributed by atoms with Gasteiger partial charge in [-0.25, -0.2) is 9.38 Å². The molecule has 3 N–H and O–H groups in total. The number of hydrogen-bond donors (Lipinski definition) is 3. The van der Waals surface area contributed by atoms with Gasteiger partial charge in [0.1, 0.15) is 5.82 Å². The largest absolute Gasteiger partial charge is 0.383 e. The van der Waals surface area contributed by atoms with Gasteiger partial charge in [-0.05, 0) is 54.1 Å². The zero-order chi connectivity index (χ0) is 20.9. The lowest BCUT2D eigenvalue weighted by atomic mass is 10.1. The van der Waals surface area contributed by atoms with Crippen molar-refractivity contribution >= 4 is 47.4 Å². The Hall–Kier alpha value is -1.52. The molecule has 5 nitrogen and oxygen atoms in total. The molecule has 0 aliphatic rings. The molecule has 166 valence electrons. The second-order valence-corrected chi connectivity index (χ2v) is 7.38. The predicted molar refractivity (Wildman–Crippen MR) is 137 cm³/mol. The molecule has 0 bridgehead atoms. The first kappa shape index (κ1) is 26.5. The lowest BCUT2D eigenvalue weighted by Gasteiger charge is -2.14. The number of rotatable bonds is 11. The van der Waals surface area contributed by atoms with Crippen molar-refractivity contribution in [2.45, 2.75) is 25.8 Å². The van der Waals surface area contributed by atoms with Gasteiger partial charge in [0, 0.05) is 38.2 Å². The number of hydrogen-bond acceptors (Lipinski definition) is 4. The zero-order valence-corrected chi connectivity index (χ0v) is 21.0. The highest BCUT2D eigenvalue weighted by Gasteiger charge is 2.06. The summed E-state index contributed by atoms with van der Waals surface area (Å²) in [5, 5.41) is 9.92. The van der Waals surface area contributed by atoms with Gasteiger partial charge in [-0.3, -0.25) is 0 Å². The average Bonchev–Trinajstić information content (AvgIpc) is 2.72. The third-order valence-electron chi connectivity index (χ3n) is 4.27. The Balaban J connectivity index is 0.00000450. The second kappa shape index (κ2) is 15.3. The third-order valence-corrected chi connectivity index (χ3v) is 4.87. The normalized spacial score (nSPS) is 11.0. The van der Waals surface area contributed by atoms with Crippen molar-refractivity contribution in [1.29, 1.82) is 0 Å².